The number of halogens is 1. The summed E-state index contributed by atoms with van der Waals surface area (Å²) in [6, 6.07) is 3.81. The molecule has 2 heterocycles. The van der Waals surface area contributed by atoms with E-state index in [1.54, 1.807) is 6.07 Å². The molecule has 15 heavy (non-hydrogen) atoms. The highest BCUT2D eigenvalue weighted by atomic mass is 79.9. The molecule has 0 saturated carbocycles. The largest absolute Gasteiger partial charge is 0.397 e. The Bertz CT molecular complexity index is 402. The summed E-state index contributed by atoms with van der Waals surface area (Å²) in [6.07, 6.45) is 2.36. The van der Waals surface area contributed by atoms with Crippen molar-refractivity contribution in [2.24, 2.45) is 0 Å². The maximum Gasteiger partial charge on any atom is 0.123 e. The molecule has 0 amide bonds. The Hall–Kier alpha value is -0.990. The maximum absolute atomic E-state index is 8.94. The Labute approximate surface area is 96.7 Å². The van der Waals surface area contributed by atoms with Crippen LogP contribution in [0.3, 0.4) is 0 Å². The van der Waals surface area contributed by atoms with E-state index in [0.717, 1.165) is 24.1 Å². The molecule has 0 aromatic carbocycles. The van der Waals surface area contributed by atoms with E-state index in [1.807, 2.05) is 4.57 Å². The highest BCUT2D eigenvalue weighted by Gasteiger charge is 2.19. The molecule has 1 atom stereocenters. The minimum absolute atomic E-state index is 0.209. The number of hydrogen-bond acceptors (Lipinski definition) is 3. The highest BCUT2D eigenvalue weighted by molar-refractivity contribution is 9.10. The van der Waals surface area contributed by atoms with Crippen molar-refractivity contribution in [1.29, 1.82) is 5.26 Å². The lowest BCUT2D eigenvalue weighted by Gasteiger charge is -2.12. The lowest BCUT2D eigenvalue weighted by atomic mass is 10.2. The van der Waals surface area contributed by atoms with Crippen LogP contribution >= 0.6 is 15.9 Å². The molecule has 1 saturated heterocycles. The van der Waals surface area contributed by atoms with Crippen LogP contribution in [-0.4, -0.2) is 17.3 Å². The summed E-state index contributed by atoms with van der Waals surface area (Å²) in [5.74, 6) is 0. The molecule has 2 rings (SSSR count). The fraction of sp³-hybridized carbons (Fsp3) is 0.500. The van der Waals surface area contributed by atoms with Crippen molar-refractivity contribution in [3.8, 4) is 6.07 Å². The molecule has 2 N–H and O–H groups in total. The standard InChI is InChI=1S/C10H12BrN3O/c11-10-9(13)4-7(5-12)14(10)6-8-2-1-3-15-8/h4,8H,1-3,6,13H2. The molecule has 0 radical (unpaired) electrons. The molecule has 0 aliphatic carbocycles. The van der Waals surface area contributed by atoms with E-state index in [9.17, 15) is 0 Å². The molecule has 1 aromatic rings. The van der Waals surface area contributed by atoms with Crippen molar-refractivity contribution in [3.63, 3.8) is 0 Å². The predicted molar refractivity (Wildman–Crippen MR) is 60.2 cm³/mol. The van der Waals surface area contributed by atoms with Crippen molar-refractivity contribution < 1.29 is 4.74 Å². The number of ether oxygens (including phenoxy) is 1. The van der Waals surface area contributed by atoms with Crippen LogP contribution in [0, 0.1) is 11.3 Å². The molecule has 1 aliphatic heterocycles. The normalized spacial score (nSPS) is 20.4. The summed E-state index contributed by atoms with van der Waals surface area (Å²) in [7, 11) is 0. The number of hydrogen-bond donors (Lipinski definition) is 1. The first-order valence-corrected chi connectivity index (χ1v) is 5.68. The number of rotatable bonds is 2. The number of nitrogens with zero attached hydrogens (tertiary/aromatic N) is 2. The molecule has 1 aliphatic rings. The highest BCUT2D eigenvalue weighted by Crippen LogP contribution is 2.26. The third-order valence-corrected chi connectivity index (χ3v) is 3.47. The van der Waals surface area contributed by atoms with Crippen LogP contribution < -0.4 is 5.73 Å². The first-order chi connectivity index (χ1) is 7.22. The number of nitriles is 1. The number of aromatic nitrogens is 1. The topological polar surface area (TPSA) is 64.0 Å². The molecule has 5 heteroatoms. The van der Waals surface area contributed by atoms with Gasteiger partial charge in [0.2, 0.25) is 0 Å². The Morgan fingerprint density at radius 1 is 1.73 bits per heavy atom. The second-order valence-electron chi connectivity index (χ2n) is 3.63. The lowest BCUT2D eigenvalue weighted by Crippen LogP contribution is -2.16. The summed E-state index contributed by atoms with van der Waals surface area (Å²) in [4.78, 5) is 0. The van der Waals surface area contributed by atoms with Crippen molar-refractivity contribution in [3.05, 3.63) is 16.4 Å². The average Bonchev–Trinajstić information content (AvgIpc) is 2.82. The van der Waals surface area contributed by atoms with Crippen LogP contribution in [0.2, 0.25) is 0 Å². The maximum atomic E-state index is 8.94. The van der Waals surface area contributed by atoms with Crippen molar-refractivity contribution in [2.45, 2.75) is 25.5 Å². The van der Waals surface area contributed by atoms with Crippen LogP contribution in [0.25, 0.3) is 0 Å². The van der Waals surface area contributed by atoms with Gasteiger partial charge in [0.15, 0.2) is 0 Å². The lowest BCUT2D eigenvalue weighted by molar-refractivity contribution is 0.0964. The van der Waals surface area contributed by atoms with E-state index in [1.165, 1.54) is 0 Å². The van der Waals surface area contributed by atoms with E-state index >= 15 is 0 Å². The average molecular weight is 270 g/mol. The fourth-order valence-corrected chi connectivity index (χ4v) is 2.26. The van der Waals surface area contributed by atoms with Gasteiger partial charge in [-0.25, -0.2) is 0 Å². The molecule has 0 spiro atoms. The monoisotopic (exact) mass is 269 g/mol. The second kappa shape index (κ2) is 4.25. The second-order valence-corrected chi connectivity index (χ2v) is 4.38. The van der Waals surface area contributed by atoms with Gasteiger partial charge in [-0.3, -0.25) is 0 Å². The Kier molecular flexibility index (Phi) is 2.98. The minimum Gasteiger partial charge on any atom is -0.397 e. The zero-order chi connectivity index (χ0) is 10.8. The van der Waals surface area contributed by atoms with Gasteiger partial charge in [-0.2, -0.15) is 5.26 Å². The van der Waals surface area contributed by atoms with Crippen LogP contribution in [0.5, 0.6) is 0 Å². The van der Waals surface area contributed by atoms with Crippen LogP contribution in [0.4, 0.5) is 5.69 Å². The van der Waals surface area contributed by atoms with Crippen LogP contribution in [0.1, 0.15) is 18.5 Å². The molecular formula is C10H12BrN3O. The van der Waals surface area contributed by atoms with Gasteiger partial charge in [0.25, 0.3) is 0 Å². The molecule has 0 bridgehead atoms. The van der Waals surface area contributed by atoms with E-state index < -0.39 is 0 Å². The SMILES string of the molecule is N#Cc1cc(N)c(Br)n1CC1CCCO1. The third kappa shape index (κ3) is 2.01. The van der Waals surface area contributed by atoms with Crippen molar-refractivity contribution in [2.75, 3.05) is 12.3 Å². The zero-order valence-corrected chi connectivity index (χ0v) is 9.83. The number of nitrogen functional groups attached to an aromatic ring is 1. The number of nitrogens with two attached hydrogens (primary N) is 1. The first kappa shape index (κ1) is 10.5. The van der Waals surface area contributed by atoms with Gasteiger partial charge < -0.3 is 15.0 Å². The van der Waals surface area contributed by atoms with Gasteiger partial charge in [0, 0.05) is 6.61 Å². The van der Waals surface area contributed by atoms with Gasteiger partial charge in [-0.05, 0) is 34.8 Å². The minimum atomic E-state index is 0.209. The summed E-state index contributed by atoms with van der Waals surface area (Å²) >= 11 is 3.38. The fourth-order valence-electron chi connectivity index (χ4n) is 1.81. The summed E-state index contributed by atoms with van der Waals surface area (Å²) in [5.41, 5.74) is 6.91. The van der Waals surface area contributed by atoms with Gasteiger partial charge in [0.1, 0.15) is 16.4 Å². The molecule has 4 nitrogen and oxygen atoms in total. The zero-order valence-electron chi connectivity index (χ0n) is 8.24. The van der Waals surface area contributed by atoms with Gasteiger partial charge in [-0.1, -0.05) is 0 Å². The summed E-state index contributed by atoms with van der Waals surface area (Å²) in [6.45, 7) is 1.52. The van der Waals surface area contributed by atoms with Crippen molar-refractivity contribution >= 4 is 21.6 Å². The smallest absolute Gasteiger partial charge is 0.123 e. The van der Waals surface area contributed by atoms with E-state index in [2.05, 4.69) is 22.0 Å². The third-order valence-electron chi connectivity index (χ3n) is 2.58. The van der Waals surface area contributed by atoms with Crippen molar-refractivity contribution in [1.82, 2.24) is 4.57 Å². The van der Waals surface area contributed by atoms with Crippen LogP contribution in [0.15, 0.2) is 10.7 Å². The van der Waals surface area contributed by atoms with Crippen LogP contribution in [-0.2, 0) is 11.3 Å². The Morgan fingerprint density at radius 3 is 3.13 bits per heavy atom. The first-order valence-electron chi connectivity index (χ1n) is 4.88. The molecular weight excluding hydrogens is 258 g/mol. The molecule has 80 valence electrons. The van der Waals surface area contributed by atoms with Gasteiger partial charge in [-0.15, -0.1) is 0 Å². The molecule has 1 fully saturated rings. The van der Waals surface area contributed by atoms with E-state index in [0.29, 0.717) is 17.9 Å². The molecule has 1 aromatic heterocycles. The van der Waals surface area contributed by atoms with Gasteiger partial charge in [0.05, 0.1) is 18.3 Å². The molecule has 1 unspecified atom stereocenters. The Morgan fingerprint density at radius 2 is 2.53 bits per heavy atom. The summed E-state index contributed by atoms with van der Waals surface area (Å²) in [5, 5.41) is 8.94. The van der Waals surface area contributed by atoms with E-state index in [4.69, 9.17) is 15.7 Å². The summed E-state index contributed by atoms with van der Waals surface area (Å²) < 4.78 is 8.17. The number of anilines is 1. The Balaban J connectivity index is 2.22. The van der Waals surface area contributed by atoms with Gasteiger partial charge >= 0.3 is 0 Å². The quantitative estimate of drug-likeness (QED) is 0.892. The predicted octanol–water partition coefficient (Wildman–Crippen LogP) is 1.88. The van der Waals surface area contributed by atoms with E-state index in [-0.39, 0.29) is 6.10 Å².